The van der Waals surface area contributed by atoms with Crippen LogP contribution in [0.2, 0.25) is 5.02 Å². The maximum absolute atomic E-state index is 13.3. The lowest BCUT2D eigenvalue weighted by Crippen LogP contribution is -2.16. The molecule has 0 amide bonds. The van der Waals surface area contributed by atoms with E-state index in [1.807, 2.05) is 0 Å². The minimum absolute atomic E-state index is 0.0954. The van der Waals surface area contributed by atoms with Crippen LogP contribution in [0.25, 0.3) is 0 Å². The Morgan fingerprint density at radius 3 is 2.23 bits per heavy atom. The molecule has 2 rings (SSSR count). The number of benzene rings is 2. The average Bonchev–Trinajstić information content (AvgIpc) is 2.62. The van der Waals surface area contributed by atoms with E-state index in [1.54, 1.807) is 0 Å². The summed E-state index contributed by atoms with van der Waals surface area (Å²) in [4.78, 5) is 11.7. The Hall–Kier alpha value is -2.52. The molecule has 0 aliphatic carbocycles. The lowest BCUT2D eigenvalue weighted by Gasteiger charge is -2.15. The Labute approximate surface area is 154 Å². The van der Waals surface area contributed by atoms with Crippen molar-refractivity contribution < 1.29 is 31.8 Å². The predicted molar refractivity (Wildman–Crippen MR) is 93.1 cm³/mol. The van der Waals surface area contributed by atoms with Crippen molar-refractivity contribution in [2.24, 2.45) is 0 Å². The summed E-state index contributed by atoms with van der Waals surface area (Å²) >= 11 is 5.64. The molecule has 1 N–H and O–H groups in total. The van der Waals surface area contributed by atoms with E-state index in [1.165, 1.54) is 26.4 Å². The zero-order chi connectivity index (χ0) is 19.5. The van der Waals surface area contributed by atoms with Gasteiger partial charge in [-0.05, 0) is 18.2 Å². The summed E-state index contributed by atoms with van der Waals surface area (Å²) in [5, 5.41) is -0.353. The number of carbonyl (C=O) groups is 1. The monoisotopic (exact) mass is 403 g/mol. The van der Waals surface area contributed by atoms with Gasteiger partial charge in [-0.25, -0.2) is 17.6 Å². The number of hydrogen-bond acceptors (Lipinski definition) is 6. The van der Waals surface area contributed by atoms with Crippen LogP contribution < -0.4 is 14.2 Å². The van der Waals surface area contributed by atoms with Crippen molar-refractivity contribution in [2.45, 2.75) is 4.90 Å². The number of halogens is 2. The Morgan fingerprint density at radius 1 is 1.08 bits per heavy atom. The smallest absolute Gasteiger partial charge is 0.340 e. The van der Waals surface area contributed by atoms with Gasteiger partial charge in [0.15, 0.2) is 11.5 Å². The Morgan fingerprint density at radius 2 is 1.69 bits per heavy atom. The van der Waals surface area contributed by atoms with E-state index in [0.717, 1.165) is 25.3 Å². The summed E-state index contributed by atoms with van der Waals surface area (Å²) in [7, 11) is -0.298. The van der Waals surface area contributed by atoms with Crippen LogP contribution in [0.15, 0.2) is 35.2 Å². The van der Waals surface area contributed by atoms with Crippen LogP contribution in [-0.2, 0) is 14.8 Å². The molecule has 0 saturated heterocycles. The number of anilines is 1. The number of nitrogens with one attached hydrogen (secondary N) is 1. The third kappa shape index (κ3) is 4.00. The highest BCUT2D eigenvalue weighted by molar-refractivity contribution is 7.92. The summed E-state index contributed by atoms with van der Waals surface area (Å²) in [5.41, 5.74) is -0.197. The summed E-state index contributed by atoms with van der Waals surface area (Å²) in [5.74, 6) is -1.15. The molecule has 0 radical (unpaired) electrons. The lowest BCUT2D eigenvalue weighted by molar-refractivity contribution is 0.0601. The average molecular weight is 404 g/mol. The second-order valence-electron chi connectivity index (χ2n) is 4.93. The van der Waals surface area contributed by atoms with Crippen molar-refractivity contribution in [3.05, 3.63) is 46.7 Å². The second kappa shape index (κ2) is 7.79. The molecule has 0 atom stereocenters. The van der Waals surface area contributed by atoms with Crippen LogP contribution >= 0.6 is 11.6 Å². The summed E-state index contributed by atoms with van der Waals surface area (Å²) in [6, 6.07) is 5.47. The molecule has 140 valence electrons. The zero-order valence-corrected chi connectivity index (χ0v) is 15.6. The summed E-state index contributed by atoms with van der Waals surface area (Å²) in [6.45, 7) is 0. The van der Waals surface area contributed by atoms with Gasteiger partial charge in [0, 0.05) is 12.1 Å². The van der Waals surface area contributed by atoms with Crippen LogP contribution in [0.5, 0.6) is 11.5 Å². The van der Waals surface area contributed by atoms with E-state index >= 15 is 0 Å². The van der Waals surface area contributed by atoms with Crippen LogP contribution in [0.3, 0.4) is 0 Å². The fraction of sp³-hybridized carbons (Fsp3) is 0.188. The van der Waals surface area contributed by atoms with Gasteiger partial charge in [0.1, 0.15) is 5.82 Å². The number of sulfonamides is 1. The Bertz CT molecular complexity index is 948. The van der Waals surface area contributed by atoms with Crippen molar-refractivity contribution in [3.63, 3.8) is 0 Å². The number of ether oxygens (including phenoxy) is 3. The van der Waals surface area contributed by atoms with Gasteiger partial charge in [-0.15, -0.1) is 0 Å². The number of methoxy groups -OCH3 is 3. The van der Waals surface area contributed by atoms with E-state index in [0.29, 0.717) is 0 Å². The predicted octanol–water partition coefficient (Wildman–Crippen LogP) is 3.08. The normalized spacial score (nSPS) is 11.0. The first kappa shape index (κ1) is 19.8. The molecule has 0 saturated carbocycles. The van der Waals surface area contributed by atoms with Crippen molar-refractivity contribution >= 4 is 33.3 Å². The van der Waals surface area contributed by atoms with E-state index in [4.69, 9.17) is 21.1 Å². The SMILES string of the molecule is COC(=O)c1cc(OC)c(OC)cc1NS(=O)(=O)c1ccc(F)c(Cl)c1. The highest BCUT2D eigenvalue weighted by Gasteiger charge is 2.23. The van der Waals surface area contributed by atoms with E-state index in [9.17, 15) is 17.6 Å². The van der Waals surface area contributed by atoms with Gasteiger partial charge in [0.2, 0.25) is 0 Å². The molecule has 10 heteroatoms. The first-order valence-corrected chi connectivity index (χ1v) is 8.91. The quantitative estimate of drug-likeness (QED) is 0.745. The van der Waals surface area contributed by atoms with Crippen molar-refractivity contribution in [1.82, 2.24) is 0 Å². The number of hydrogen-bond donors (Lipinski definition) is 1. The molecule has 0 aliphatic heterocycles. The molecule has 7 nitrogen and oxygen atoms in total. The zero-order valence-electron chi connectivity index (χ0n) is 14.0. The fourth-order valence-corrected chi connectivity index (χ4v) is 3.43. The third-order valence-corrected chi connectivity index (χ3v) is 5.03. The first-order valence-electron chi connectivity index (χ1n) is 7.05. The molecule has 0 bridgehead atoms. The van der Waals surface area contributed by atoms with Gasteiger partial charge in [-0.2, -0.15) is 0 Å². The van der Waals surface area contributed by atoms with Gasteiger partial charge < -0.3 is 14.2 Å². The molecule has 0 aliphatic rings. The number of carbonyl (C=O) groups excluding carboxylic acids is 1. The number of rotatable bonds is 6. The van der Waals surface area contributed by atoms with Gasteiger partial charge in [-0.1, -0.05) is 11.6 Å². The third-order valence-electron chi connectivity index (χ3n) is 3.37. The highest BCUT2D eigenvalue weighted by atomic mass is 35.5. The molecule has 0 fully saturated rings. The largest absolute Gasteiger partial charge is 0.493 e. The first-order chi connectivity index (χ1) is 12.2. The number of esters is 1. The lowest BCUT2D eigenvalue weighted by atomic mass is 10.1. The van der Waals surface area contributed by atoms with Crippen LogP contribution in [0.4, 0.5) is 10.1 Å². The van der Waals surface area contributed by atoms with Crippen molar-refractivity contribution in [1.29, 1.82) is 0 Å². The molecule has 0 spiro atoms. The Balaban J connectivity index is 2.55. The maximum Gasteiger partial charge on any atom is 0.340 e. The Kier molecular flexibility index (Phi) is 5.94. The summed E-state index contributed by atoms with van der Waals surface area (Å²) in [6.07, 6.45) is 0. The summed E-state index contributed by atoms with van der Waals surface area (Å²) < 4.78 is 55.5. The maximum atomic E-state index is 13.3. The fourth-order valence-electron chi connectivity index (χ4n) is 2.09. The standard InChI is InChI=1S/C16H15ClFNO6S/c1-23-14-7-10(16(20)25-3)13(8-15(14)24-2)19-26(21,22)9-4-5-12(18)11(17)6-9/h4-8,19H,1-3H3. The van der Waals surface area contributed by atoms with E-state index < -0.39 is 21.8 Å². The van der Waals surface area contributed by atoms with Gasteiger partial charge in [-0.3, -0.25) is 4.72 Å². The topological polar surface area (TPSA) is 90.9 Å². The second-order valence-corrected chi connectivity index (χ2v) is 7.02. The highest BCUT2D eigenvalue weighted by Crippen LogP contribution is 2.35. The van der Waals surface area contributed by atoms with Gasteiger partial charge in [0.05, 0.1) is 42.5 Å². The van der Waals surface area contributed by atoms with Crippen molar-refractivity contribution in [3.8, 4) is 11.5 Å². The molecule has 26 heavy (non-hydrogen) atoms. The minimum atomic E-state index is -4.17. The van der Waals surface area contributed by atoms with Gasteiger partial charge in [0.25, 0.3) is 10.0 Å². The van der Waals surface area contributed by atoms with Gasteiger partial charge >= 0.3 is 5.97 Å². The van der Waals surface area contributed by atoms with Crippen LogP contribution in [0, 0.1) is 5.82 Å². The molecule has 0 aromatic heterocycles. The molecular formula is C16H15ClFNO6S. The molecule has 0 unspecified atom stereocenters. The van der Waals surface area contributed by atoms with E-state index in [-0.39, 0.29) is 32.7 Å². The molecule has 0 heterocycles. The molecular weight excluding hydrogens is 389 g/mol. The van der Waals surface area contributed by atoms with Crippen LogP contribution in [0.1, 0.15) is 10.4 Å². The molecule has 2 aromatic rings. The van der Waals surface area contributed by atoms with Crippen LogP contribution in [-0.4, -0.2) is 35.7 Å². The van der Waals surface area contributed by atoms with E-state index in [2.05, 4.69) is 9.46 Å². The molecule has 2 aromatic carbocycles. The van der Waals surface area contributed by atoms with Crippen molar-refractivity contribution in [2.75, 3.05) is 26.1 Å². The minimum Gasteiger partial charge on any atom is -0.493 e.